The fourth-order valence-corrected chi connectivity index (χ4v) is 4.34. The number of nitrogens with one attached hydrogen (secondary N) is 3. The summed E-state index contributed by atoms with van der Waals surface area (Å²) in [6.45, 7) is 7.07. The van der Waals surface area contributed by atoms with Gasteiger partial charge in [0.2, 0.25) is 11.8 Å². The number of aliphatic carboxylic acids is 1. The van der Waals surface area contributed by atoms with Crippen molar-refractivity contribution in [3.63, 3.8) is 0 Å². The normalized spacial score (nSPS) is 13.7. The summed E-state index contributed by atoms with van der Waals surface area (Å²) >= 11 is 0. The molecule has 3 atom stereocenters. The van der Waals surface area contributed by atoms with E-state index in [-0.39, 0.29) is 30.1 Å². The van der Waals surface area contributed by atoms with E-state index in [0.717, 1.165) is 4.57 Å². The van der Waals surface area contributed by atoms with Crippen LogP contribution in [0.2, 0.25) is 0 Å². The maximum Gasteiger partial charge on any atom is 0.329 e. The van der Waals surface area contributed by atoms with E-state index in [1.54, 1.807) is 62.4 Å². The summed E-state index contributed by atoms with van der Waals surface area (Å²) in [6.07, 6.45) is 0.247. The number of aromatic amines is 1. The molecule has 4 N–H and O–H groups in total. The quantitative estimate of drug-likeness (QED) is 0.303. The number of fused-ring (bicyclic) bond motifs is 1. The van der Waals surface area contributed by atoms with E-state index < -0.39 is 47.2 Å². The Morgan fingerprint density at radius 2 is 1.53 bits per heavy atom. The summed E-state index contributed by atoms with van der Waals surface area (Å²) in [5.74, 6) is -2.93. The van der Waals surface area contributed by atoms with Crippen molar-refractivity contribution in [3.8, 4) is 0 Å². The number of hydrogen-bond donors (Lipinski definition) is 4. The third-order valence-electron chi connectivity index (χ3n) is 6.29. The molecule has 10 heteroatoms. The van der Waals surface area contributed by atoms with Crippen LogP contribution in [0.25, 0.3) is 10.9 Å². The number of carboxylic acids is 1. The minimum absolute atomic E-state index is 0.0206. The fraction of sp³-hybridized carbons (Fsp3) is 0.393. The monoisotopic (exact) mass is 522 g/mol. The van der Waals surface area contributed by atoms with Gasteiger partial charge in [-0.3, -0.25) is 14.4 Å². The molecule has 2 amide bonds. The molecular formula is C28H34N4O6. The third kappa shape index (κ3) is 6.76. The van der Waals surface area contributed by atoms with Crippen molar-refractivity contribution in [2.75, 3.05) is 0 Å². The number of carbonyl (C=O) groups excluding carboxylic acids is 2. The Bertz CT molecular complexity index is 1410. The molecule has 1 aromatic heterocycles. The lowest BCUT2D eigenvalue weighted by molar-refractivity contribution is -0.143. The highest BCUT2D eigenvalue weighted by atomic mass is 16.4. The molecule has 0 aliphatic heterocycles. The number of H-pyrrole nitrogens is 1. The molecule has 3 rings (SSSR count). The highest BCUT2D eigenvalue weighted by Gasteiger charge is 2.32. The van der Waals surface area contributed by atoms with E-state index >= 15 is 0 Å². The van der Waals surface area contributed by atoms with Crippen LogP contribution in [0, 0.1) is 11.8 Å². The molecule has 0 fully saturated rings. The maximum atomic E-state index is 13.7. The van der Waals surface area contributed by atoms with Gasteiger partial charge in [-0.2, -0.15) is 0 Å². The van der Waals surface area contributed by atoms with Gasteiger partial charge in [0.25, 0.3) is 5.56 Å². The summed E-state index contributed by atoms with van der Waals surface area (Å²) in [4.78, 5) is 67.6. The molecule has 0 radical (unpaired) electrons. The van der Waals surface area contributed by atoms with E-state index in [2.05, 4.69) is 15.6 Å². The van der Waals surface area contributed by atoms with Crippen LogP contribution in [0.4, 0.5) is 0 Å². The highest BCUT2D eigenvalue weighted by Crippen LogP contribution is 2.16. The molecule has 0 spiro atoms. The van der Waals surface area contributed by atoms with E-state index in [0.29, 0.717) is 11.1 Å². The lowest BCUT2D eigenvalue weighted by atomic mass is 9.99. The molecule has 0 aliphatic rings. The van der Waals surface area contributed by atoms with Gasteiger partial charge in [0, 0.05) is 6.42 Å². The van der Waals surface area contributed by atoms with Gasteiger partial charge in [0.1, 0.15) is 18.1 Å². The van der Waals surface area contributed by atoms with Gasteiger partial charge >= 0.3 is 11.7 Å². The first-order valence-electron chi connectivity index (χ1n) is 12.6. The van der Waals surface area contributed by atoms with Gasteiger partial charge in [0.15, 0.2) is 0 Å². The lowest BCUT2D eigenvalue weighted by Crippen LogP contribution is -2.55. The molecule has 202 valence electrons. The topological polar surface area (TPSA) is 150 Å². The second kappa shape index (κ2) is 12.4. The Morgan fingerprint density at radius 1 is 0.895 bits per heavy atom. The summed E-state index contributed by atoms with van der Waals surface area (Å²) < 4.78 is 0.878. The molecule has 0 aliphatic carbocycles. The number of nitrogens with zero attached hydrogens (tertiary/aromatic N) is 1. The molecule has 0 saturated carbocycles. The van der Waals surface area contributed by atoms with Crippen LogP contribution in [-0.4, -0.2) is 44.5 Å². The van der Waals surface area contributed by atoms with Gasteiger partial charge < -0.3 is 20.7 Å². The van der Waals surface area contributed by atoms with Crippen molar-refractivity contribution in [2.24, 2.45) is 11.8 Å². The number of carbonyl (C=O) groups is 3. The van der Waals surface area contributed by atoms with Gasteiger partial charge in [-0.15, -0.1) is 0 Å². The van der Waals surface area contributed by atoms with Gasteiger partial charge in [0.05, 0.1) is 10.9 Å². The number of amides is 2. The molecule has 0 unspecified atom stereocenters. The van der Waals surface area contributed by atoms with Crippen molar-refractivity contribution in [1.82, 2.24) is 20.2 Å². The first kappa shape index (κ1) is 28.4. The average molecular weight is 523 g/mol. The minimum Gasteiger partial charge on any atom is -0.480 e. The Kier molecular flexibility index (Phi) is 9.22. The second-order valence-electron chi connectivity index (χ2n) is 10.1. The number of aromatic nitrogens is 2. The van der Waals surface area contributed by atoms with Crippen molar-refractivity contribution in [3.05, 3.63) is 81.0 Å². The van der Waals surface area contributed by atoms with Crippen LogP contribution in [0.15, 0.2) is 64.2 Å². The summed E-state index contributed by atoms with van der Waals surface area (Å²) in [5.41, 5.74) is -0.317. The van der Waals surface area contributed by atoms with Crippen molar-refractivity contribution in [1.29, 1.82) is 0 Å². The van der Waals surface area contributed by atoms with Crippen LogP contribution in [0.5, 0.6) is 0 Å². The smallest absolute Gasteiger partial charge is 0.329 e. The number of carboxylic acid groups (broad SMARTS) is 1. The fourth-order valence-electron chi connectivity index (χ4n) is 4.34. The van der Waals surface area contributed by atoms with Crippen LogP contribution in [0.1, 0.15) is 45.7 Å². The molecule has 38 heavy (non-hydrogen) atoms. The van der Waals surface area contributed by atoms with E-state index in [4.69, 9.17) is 0 Å². The Labute approximate surface area is 220 Å². The summed E-state index contributed by atoms with van der Waals surface area (Å²) in [6, 6.07) is 12.0. The van der Waals surface area contributed by atoms with Crippen LogP contribution in [0.3, 0.4) is 0 Å². The second-order valence-corrected chi connectivity index (χ2v) is 10.1. The van der Waals surface area contributed by atoms with E-state index in [9.17, 15) is 29.1 Å². The summed E-state index contributed by atoms with van der Waals surface area (Å²) in [7, 11) is 0. The molecule has 3 aromatic rings. The van der Waals surface area contributed by atoms with Gasteiger partial charge in [-0.25, -0.2) is 14.2 Å². The molecule has 2 aromatic carbocycles. The van der Waals surface area contributed by atoms with Crippen LogP contribution < -0.4 is 21.9 Å². The zero-order valence-electron chi connectivity index (χ0n) is 21.9. The van der Waals surface area contributed by atoms with Gasteiger partial charge in [-0.1, -0.05) is 70.2 Å². The van der Waals surface area contributed by atoms with Gasteiger partial charge in [-0.05, 0) is 36.0 Å². The zero-order valence-corrected chi connectivity index (χ0v) is 21.9. The molecule has 10 nitrogen and oxygen atoms in total. The standard InChI is InChI=1S/C28H34N4O6/c1-16(2)14-21(24(33)31-23(17(3)4)27(36)37)29-25(34)22(15-18-10-6-5-7-11-18)32-26(35)19-12-8-9-13-20(19)30-28(32)38/h5-13,16-17,21-23H,14-15H2,1-4H3,(H,29,34)(H,30,38)(H,31,33)(H,36,37)/t21-,22-,23-/m0/s1. The first-order valence-corrected chi connectivity index (χ1v) is 12.6. The van der Waals surface area contributed by atoms with Crippen molar-refractivity contribution in [2.45, 2.75) is 58.7 Å². The lowest BCUT2D eigenvalue weighted by Gasteiger charge is -2.26. The maximum absolute atomic E-state index is 13.7. The Balaban J connectivity index is 2.02. The number of para-hydroxylation sites is 1. The van der Waals surface area contributed by atoms with Crippen molar-refractivity contribution < 1.29 is 19.5 Å². The molecule has 0 bridgehead atoms. The first-order chi connectivity index (χ1) is 18.0. The zero-order chi connectivity index (χ0) is 28.0. The predicted molar refractivity (Wildman–Crippen MR) is 144 cm³/mol. The van der Waals surface area contributed by atoms with Crippen LogP contribution in [-0.2, 0) is 20.8 Å². The number of rotatable bonds is 11. The Morgan fingerprint density at radius 3 is 2.13 bits per heavy atom. The average Bonchev–Trinajstić information content (AvgIpc) is 2.86. The Hall–Kier alpha value is -4.21. The largest absolute Gasteiger partial charge is 0.480 e. The third-order valence-corrected chi connectivity index (χ3v) is 6.29. The molecule has 1 heterocycles. The summed E-state index contributed by atoms with van der Waals surface area (Å²) in [5, 5.41) is 15.0. The molecule has 0 saturated heterocycles. The SMILES string of the molecule is CC(C)C[C@H](NC(=O)[C@H](Cc1ccccc1)n1c(=O)[nH]c2ccccc2c1=O)C(=O)N[C@H](C(=O)O)C(C)C. The predicted octanol–water partition coefficient (Wildman–Crippen LogP) is 2.23. The van der Waals surface area contributed by atoms with Crippen molar-refractivity contribution >= 4 is 28.7 Å². The number of benzene rings is 2. The minimum atomic E-state index is -1.26. The van der Waals surface area contributed by atoms with E-state index in [1.807, 2.05) is 19.9 Å². The number of hydrogen-bond acceptors (Lipinski definition) is 5. The molecular weight excluding hydrogens is 488 g/mol. The van der Waals surface area contributed by atoms with Crippen LogP contribution >= 0.6 is 0 Å². The van der Waals surface area contributed by atoms with E-state index in [1.165, 1.54) is 0 Å². The highest BCUT2D eigenvalue weighted by molar-refractivity contribution is 5.91.